The lowest BCUT2D eigenvalue weighted by Gasteiger charge is -2.37. The van der Waals surface area contributed by atoms with Crippen LogP contribution < -0.4 is 0 Å². The molecule has 7 heteroatoms. The van der Waals surface area contributed by atoms with Gasteiger partial charge in [-0.15, -0.1) is 0 Å². The summed E-state index contributed by atoms with van der Waals surface area (Å²) in [5, 5.41) is 5.00. The molecule has 1 heterocycles. The summed E-state index contributed by atoms with van der Waals surface area (Å²) in [6, 6.07) is 12.7. The van der Waals surface area contributed by atoms with Crippen LogP contribution in [0.15, 0.2) is 47.0 Å². The Morgan fingerprint density at radius 1 is 1.06 bits per heavy atom. The monoisotopic (exact) mass is 475 g/mol. The van der Waals surface area contributed by atoms with E-state index in [1.807, 2.05) is 24.3 Å². The van der Waals surface area contributed by atoms with E-state index in [0.717, 1.165) is 25.7 Å². The standard InChI is InChI=1S/C25H28Cl2FN3O/c1-31(2)24(18-11-13-19(28)14-12-18)17-9-6-16(7-10-17)8-15-22-29-25(30-32-22)20-4-3-5-21(26)23(20)27/h3-5,11-14,16-17,24H,6-10,15H2,1-2H3. The Balaban J connectivity index is 1.32. The van der Waals surface area contributed by atoms with Crippen molar-refractivity contribution in [3.8, 4) is 11.4 Å². The van der Waals surface area contributed by atoms with E-state index >= 15 is 0 Å². The van der Waals surface area contributed by atoms with E-state index in [4.69, 9.17) is 27.7 Å². The molecular weight excluding hydrogens is 448 g/mol. The Labute approximate surface area is 198 Å². The second-order valence-corrected chi connectivity index (χ2v) is 9.68. The molecular formula is C25H28Cl2FN3O. The van der Waals surface area contributed by atoms with E-state index in [9.17, 15) is 4.39 Å². The van der Waals surface area contributed by atoms with Crippen molar-refractivity contribution in [2.24, 2.45) is 11.8 Å². The van der Waals surface area contributed by atoms with E-state index < -0.39 is 0 Å². The van der Waals surface area contributed by atoms with Gasteiger partial charge in [0.15, 0.2) is 0 Å². The van der Waals surface area contributed by atoms with Gasteiger partial charge in [0.25, 0.3) is 0 Å². The van der Waals surface area contributed by atoms with E-state index in [-0.39, 0.29) is 5.82 Å². The Kier molecular flexibility index (Phi) is 7.49. The highest BCUT2D eigenvalue weighted by molar-refractivity contribution is 6.43. The number of rotatable bonds is 7. The average molecular weight is 476 g/mol. The quantitative estimate of drug-likeness (QED) is 0.361. The van der Waals surface area contributed by atoms with Crippen molar-refractivity contribution in [1.29, 1.82) is 0 Å². The van der Waals surface area contributed by atoms with Gasteiger partial charge in [0.1, 0.15) is 5.82 Å². The molecule has 170 valence electrons. The predicted octanol–water partition coefficient (Wildman–Crippen LogP) is 7.22. The number of aromatic nitrogens is 2. The molecule has 3 aromatic rings. The zero-order valence-electron chi connectivity index (χ0n) is 18.4. The molecule has 1 fully saturated rings. The summed E-state index contributed by atoms with van der Waals surface area (Å²) in [5.41, 5.74) is 1.88. The third kappa shape index (κ3) is 5.33. The van der Waals surface area contributed by atoms with Crippen LogP contribution in [0.4, 0.5) is 4.39 Å². The summed E-state index contributed by atoms with van der Waals surface area (Å²) in [6.45, 7) is 0. The van der Waals surface area contributed by atoms with Gasteiger partial charge < -0.3 is 9.42 Å². The Hall–Kier alpha value is -1.95. The van der Waals surface area contributed by atoms with Crippen molar-refractivity contribution in [2.45, 2.75) is 44.6 Å². The fourth-order valence-electron chi connectivity index (χ4n) is 4.91. The molecule has 1 aliphatic rings. The van der Waals surface area contributed by atoms with Crippen molar-refractivity contribution < 1.29 is 8.91 Å². The molecule has 4 rings (SSSR count). The fraction of sp³-hybridized carbons (Fsp3) is 0.440. The molecule has 1 saturated carbocycles. The first kappa shape index (κ1) is 23.2. The Bertz CT molecular complexity index is 1030. The molecule has 0 spiro atoms. The molecule has 0 aliphatic heterocycles. The lowest BCUT2D eigenvalue weighted by molar-refractivity contribution is 0.145. The highest BCUT2D eigenvalue weighted by Gasteiger charge is 2.30. The third-order valence-corrected chi connectivity index (χ3v) is 7.35. The Morgan fingerprint density at radius 3 is 2.47 bits per heavy atom. The van der Waals surface area contributed by atoms with Crippen LogP contribution in [0.25, 0.3) is 11.4 Å². The minimum Gasteiger partial charge on any atom is -0.339 e. The molecule has 0 bridgehead atoms. The maximum atomic E-state index is 13.4. The zero-order valence-corrected chi connectivity index (χ0v) is 19.9. The van der Waals surface area contributed by atoms with Gasteiger partial charge in [-0.05, 0) is 75.0 Å². The van der Waals surface area contributed by atoms with E-state index in [1.54, 1.807) is 18.2 Å². The topological polar surface area (TPSA) is 42.2 Å². The van der Waals surface area contributed by atoms with E-state index in [1.165, 1.54) is 18.4 Å². The summed E-state index contributed by atoms with van der Waals surface area (Å²) in [6.07, 6.45) is 6.47. The number of hydrogen-bond donors (Lipinski definition) is 0. The van der Waals surface area contributed by atoms with Crippen molar-refractivity contribution in [2.75, 3.05) is 14.1 Å². The lowest BCUT2D eigenvalue weighted by atomic mass is 9.75. The van der Waals surface area contributed by atoms with E-state index in [2.05, 4.69) is 29.1 Å². The number of hydrogen-bond acceptors (Lipinski definition) is 4. The molecule has 1 aliphatic carbocycles. The van der Waals surface area contributed by atoms with Gasteiger partial charge in [0, 0.05) is 18.0 Å². The third-order valence-electron chi connectivity index (χ3n) is 6.53. The molecule has 0 amide bonds. The van der Waals surface area contributed by atoms with Crippen molar-refractivity contribution in [3.63, 3.8) is 0 Å². The zero-order chi connectivity index (χ0) is 22.7. The SMILES string of the molecule is CN(C)C(c1ccc(F)cc1)C1CCC(CCc2nc(-c3cccc(Cl)c3Cl)no2)CC1. The average Bonchev–Trinajstić information content (AvgIpc) is 3.25. The largest absolute Gasteiger partial charge is 0.339 e. The second-order valence-electron chi connectivity index (χ2n) is 8.89. The molecule has 2 aromatic carbocycles. The Morgan fingerprint density at radius 2 is 1.78 bits per heavy atom. The molecule has 0 radical (unpaired) electrons. The molecule has 1 atom stereocenters. The summed E-state index contributed by atoms with van der Waals surface area (Å²) in [4.78, 5) is 6.78. The summed E-state index contributed by atoms with van der Waals surface area (Å²) in [7, 11) is 4.22. The maximum absolute atomic E-state index is 13.4. The maximum Gasteiger partial charge on any atom is 0.226 e. The molecule has 4 nitrogen and oxygen atoms in total. The van der Waals surface area contributed by atoms with Crippen LogP contribution in [-0.2, 0) is 6.42 Å². The molecule has 0 N–H and O–H groups in total. The first-order chi connectivity index (χ1) is 15.4. The van der Waals surface area contributed by atoms with E-state index in [0.29, 0.717) is 45.2 Å². The number of benzene rings is 2. The van der Waals surface area contributed by atoms with Gasteiger partial charge in [-0.1, -0.05) is 59.4 Å². The summed E-state index contributed by atoms with van der Waals surface area (Å²) in [5.74, 6) is 2.15. The summed E-state index contributed by atoms with van der Waals surface area (Å²) >= 11 is 12.4. The fourth-order valence-corrected chi connectivity index (χ4v) is 5.30. The van der Waals surface area contributed by atoms with Gasteiger partial charge in [-0.2, -0.15) is 4.98 Å². The lowest BCUT2D eigenvalue weighted by Crippen LogP contribution is -2.30. The van der Waals surface area contributed by atoms with Crippen molar-refractivity contribution in [3.05, 3.63) is 69.8 Å². The van der Waals surface area contributed by atoms with Crippen LogP contribution in [0.2, 0.25) is 10.0 Å². The van der Waals surface area contributed by atoms with Crippen LogP contribution in [0, 0.1) is 17.7 Å². The van der Waals surface area contributed by atoms with Crippen LogP contribution in [0.5, 0.6) is 0 Å². The van der Waals surface area contributed by atoms with Gasteiger partial charge in [0.05, 0.1) is 10.0 Å². The van der Waals surface area contributed by atoms with Gasteiger partial charge in [-0.25, -0.2) is 4.39 Å². The molecule has 1 unspecified atom stereocenters. The predicted molar refractivity (Wildman–Crippen MR) is 126 cm³/mol. The van der Waals surface area contributed by atoms with Crippen LogP contribution in [0.3, 0.4) is 0 Å². The van der Waals surface area contributed by atoms with Gasteiger partial charge in [-0.3, -0.25) is 0 Å². The highest BCUT2D eigenvalue weighted by atomic mass is 35.5. The van der Waals surface area contributed by atoms with Crippen molar-refractivity contribution in [1.82, 2.24) is 15.0 Å². The van der Waals surface area contributed by atoms with Crippen LogP contribution in [-0.4, -0.2) is 29.1 Å². The molecule has 32 heavy (non-hydrogen) atoms. The second kappa shape index (κ2) is 10.3. The first-order valence-electron chi connectivity index (χ1n) is 11.1. The normalized spacial score (nSPS) is 19.9. The number of nitrogens with zero attached hydrogens (tertiary/aromatic N) is 3. The van der Waals surface area contributed by atoms with Crippen molar-refractivity contribution >= 4 is 23.2 Å². The minimum absolute atomic E-state index is 0.184. The summed E-state index contributed by atoms with van der Waals surface area (Å²) < 4.78 is 18.8. The van der Waals surface area contributed by atoms with Crippen LogP contribution >= 0.6 is 23.2 Å². The van der Waals surface area contributed by atoms with Gasteiger partial charge in [0.2, 0.25) is 11.7 Å². The first-order valence-corrected chi connectivity index (χ1v) is 11.9. The highest BCUT2D eigenvalue weighted by Crippen LogP contribution is 2.40. The molecule has 1 aromatic heterocycles. The van der Waals surface area contributed by atoms with Gasteiger partial charge >= 0.3 is 0 Å². The number of halogens is 3. The number of aryl methyl sites for hydroxylation is 1. The minimum atomic E-state index is -0.184. The van der Waals surface area contributed by atoms with Crippen LogP contribution in [0.1, 0.15) is 49.6 Å². The smallest absolute Gasteiger partial charge is 0.226 e. The molecule has 0 saturated heterocycles.